The van der Waals surface area contributed by atoms with Gasteiger partial charge in [0.25, 0.3) is 0 Å². The number of fused-ring (bicyclic) bond motifs is 1. The predicted molar refractivity (Wildman–Crippen MR) is 110 cm³/mol. The zero-order valence-corrected chi connectivity index (χ0v) is 17.0. The Kier molecular flexibility index (Phi) is 6.82. The third-order valence-corrected chi connectivity index (χ3v) is 5.22. The largest absolute Gasteiger partial charge is 0.416 e. The molecule has 0 radical (unpaired) electrons. The minimum atomic E-state index is -4.45. The number of para-hydroxylation sites is 1. The summed E-state index contributed by atoms with van der Waals surface area (Å²) in [7, 11) is 1.54. The number of aromatic nitrogens is 1. The van der Waals surface area contributed by atoms with Gasteiger partial charge in [-0.05, 0) is 29.2 Å². The number of benzene rings is 2. The molecule has 0 bridgehead atoms. The summed E-state index contributed by atoms with van der Waals surface area (Å²) in [6, 6.07) is 11.1. The van der Waals surface area contributed by atoms with Crippen LogP contribution in [0.15, 0.2) is 48.7 Å². The SMILES string of the molecule is CCc1cccc2c(C(CC(=O)NCCOC)c3cccc(C(F)(F)F)c3)c[nH]c12. The Labute approximate surface area is 173 Å². The van der Waals surface area contributed by atoms with Crippen molar-refractivity contribution in [3.8, 4) is 0 Å². The summed E-state index contributed by atoms with van der Waals surface area (Å²) in [5.41, 5.74) is 2.60. The molecule has 0 aliphatic rings. The molecule has 4 nitrogen and oxygen atoms in total. The molecule has 1 aromatic heterocycles. The van der Waals surface area contributed by atoms with Crippen LogP contribution in [0.25, 0.3) is 10.9 Å². The second-order valence-electron chi connectivity index (χ2n) is 7.16. The number of carbonyl (C=O) groups is 1. The molecule has 0 fully saturated rings. The first-order chi connectivity index (χ1) is 14.3. The molecule has 1 unspecified atom stereocenters. The molecule has 3 aromatic rings. The quantitative estimate of drug-likeness (QED) is 0.504. The number of amides is 1. The van der Waals surface area contributed by atoms with Crippen molar-refractivity contribution >= 4 is 16.8 Å². The van der Waals surface area contributed by atoms with Crippen LogP contribution in [0.2, 0.25) is 0 Å². The number of alkyl halides is 3. The van der Waals surface area contributed by atoms with Gasteiger partial charge in [-0.1, -0.05) is 43.3 Å². The summed E-state index contributed by atoms with van der Waals surface area (Å²) in [5.74, 6) is -0.758. The van der Waals surface area contributed by atoms with Gasteiger partial charge in [-0.3, -0.25) is 4.79 Å². The van der Waals surface area contributed by atoms with E-state index in [0.29, 0.717) is 18.7 Å². The fourth-order valence-electron chi connectivity index (χ4n) is 3.71. The average Bonchev–Trinajstić information content (AvgIpc) is 3.15. The topological polar surface area (TPSA) is 54.1 Å². The summed E-state index contributed by atoms with van der Waals surface area (Å²) < 4.78 is 44.8. The number of methoxy groups -OCH3 is 1. The third-order valence-electron chi connectivity index (χ3n) is 5.22. The van der Waals surface area contributed by atoms with Gasteiger partial charge in [0, 0.05) is 43.1 Å². The van der Waals surface area contributed by atoms with Gasteiger partial charge in [0.05, 0.1) is 12.2 Å². The molecule has 3 rings (SSSR count). The predicted octanol–water partition coefficient (Wildman–Crippen LogP) is 5.03. The smallest absolute Gasteiger partial charge is 0.383 e. The van der Waals surface area contributed by atoms with Crippen molar-refractivity contribution in [3.63, 3.8) is 0 Å². The first-order valence-electron chi connectivity index (χ1n) is 9.86. The first kappa shape index (κ1) is 21.9. The summed E-state index contributed by atoms with van der Waals surface area (Å²) in [5, 5.41) is 3.68. The summed E-state index contributed by atoms with van der Waals surface area (Å²) >= 11 is 0. The maximum absolute atomic E-state index is 13.3. The van der Waals surface area contributed by atoms with Crippen molar-refractivity contribution in [2.45, 2.75) is 31.9 Å². The van der Waals surface area contributed by atoms with Gasteiger partial charge in [-0.2, -0.15) is 13.2 Å². The van der Waals surface area contributed by atoms with Crippen LogP contribution in [0.1, 0.15) is 41.5 Å². The van der Waals surface area contributed by atoms with Gasteiger partial charge in [0.15, 0.2) is 0 Å². The summed E-state index contributed by atoms with van der Waals surface area (Å²) in [6.07, 6.45) is -1.79. The fraction of sp³-hybridized carbons (Fsp3) is 0.348. The Balaban J connectivity index is 2.04. The lowest BCUT2D eigenvalue weighted by Crippen LogP contribution is -2.28. The molecule has 1 heterocycles. The monoisotopic (exact) mass is 418 g/mol. The number of ether oxygens (including phenoxy) is 1. The van der Waals surface area contributed by atoms with Gasteiger partial charge in [-0.15, -0.1) is 0 Å². The molecule has 0 saturated heterocycles. The van der Waals surface area contributed by atoms with E-state index in [-0.39, 0.29) is 12.3 Å². The van der Waals surface area contributed by atoms with E-state index < -0.39 is 17.7 Å². The van der Waals surface area contributed by atoms with Crippen LogP contribution < -0.4 is 5.32 Å². The lowest BCUT2D eigenvalue weighted by atomic mass is 9.86. The van der Waals surface area contributed by atoms with Crippen LogP contribution in [-0.4, -0.2) is 31.2 Å². The highest BCUT2D eigenvalue weighted by Gasteiger charge is 2.32. The number of aromatic amines is 1. The zero-order chi connectivity index (χ0) is 21.7. The number of hydrogen-bond acceptors (Lipinski definition) is 2. The van der Waals surface area contributed by atoms with Gasteiger partial charge >= 0.3 is 6.18 Å². The van der Waals surface area contributed by atoms with E-state index in [2.05, 4.69) is 10.3 Å². The molecular formula is C23H25F3N2O2. The van der Waals surface area contributed by atoms with Gasteiger partial charge in [-0.25, -0.2) is 0 Å². The molecule has 0 spiro atoms. The number of aryl methyl sites for hydroxylation is 1. The molecule has 1 amide bonds. The van der Waals surface area contributed by atoms with Gasteiger partial charge < -0.3 is 15.0 Å². The normalized spacial score (nSPS) is 12.8. The number of carbonyl (C=O) groups excluding carboxylic acids is 1. The van der Waals surface area contributed by atoms with Crippen molar-refractivity contribution in [2.75, 3.05) is 20.3 Å². The number of rotatable bonds is 8. The number of H-pyrrole nitrogens is 1. The molecule has 0 saturated carbocycles. The maximum atomic E-state index is 13.3. The van der Waals surface area contributed by atoms with Gasteiger partial charge in [0.2, 0.25) is 5.91 Å². The van der Waals surface area contributed by atoms with Crippen molar-refractivity contribution in [1.82, 2.24) is 10.3 Å². The van der Waals surface area contributed by atoms with Crippen LogP contribution in [0.5, 0.6) is 0 Å². The van der Waals surface area contributed by atoms with E-state index in [1.54, 1.807) is 12.3 Å². The minimum absolute atomic E-state index is 0.0360. The molecule has 30 heavy (non-hydrogen) atoms. The first-order valence-corrected chi connectivity index (χ1v) is 9.86. The molecule has 1 atom stereocenters. The van der Waals surface area contributed by atoms with Crippen LogP contribution in [-0.2, 0) is 22.1 Å². The van der Waals surface area contributed by atoms with Gasteiger partial charge in [0.1, 0.15) is 0 Å². The molecule has 7 heteroatoms. The summed E-state index contributed by atoms with van der Waals surface area (Å²) in [4.78, 5) is 15.8. The molecule has 2 aromatic carbocycles. The van der Waals surface area contributed by atoms with Crippen molar-refractivity contribution < 1.29 is 22.7 Å². The minimum Gasteiger partial charge on any atom is -0.383 e. The van der Waals surface area contributed by atoms with E-state index in [9.17, 15) is 18.0 Å². The van der Waals surface area contributed by atoms with Crippen LogP contribution in [0.3, 0.4) is 0 Å². The lowest BCUT2D eigenvalue weighted by molar-refractivity contribution is -0.137. The number of nitrogens with one attached hydrogen (secondary N) is 2. The van der Waals surface area contributed by atoms with Crippen molar-refractivity contribution in [2.24, 2.45) is 0 Å². The molecule has 0 aliphatic carbocycles. The Morgan fingerprint density at radius 2 is 1.97 bits per heavy atom. The molecular weight excluding hydrogens is 393 g/mol. The van der Waals surface area contributed by atoms with Crippen molar-refractivity contribution in [1.29, 1.82) is 0 Å². The standard InChI is InChI=1S/C23H25F3N2O2/c1-3-15-6-5-9-18-20(14-28-22(15)18)19(13-21(29)27-10-11-30-2)16-7-4-8-17(12-16)23(24,25)26/h4-9,12,14,19,28H,3,10-11,13H2,1-2H3,(H,27,29). The Morgan fingerprint density at radius 1 is 1.20 bits per heavy atom. The highest BCUT2D eigenvalue weighted by atomic mass is 19.4. The number of hydrogen-bond donors (Lipinski definition) is 2. The van der Waals surface area contributed by atoms with Crippen LogP contribution in [0.4, 0.5) is 13.2 Å². The molecule has 160 valence electrons. The highest BCUT2D eigenvalue weighted by molar-refractivity contribution is 5.88. The zero-order valence-electron chi connectivity index (χ0n) is 17.0. The van der Waals surface area contributed by atoms with Crippen LogP contribution >= 0.6 is 0 Å². The molecule has 0 aliphatic heterocycles. The third kappa shape index (κ3) is 4.84. The fourth-order valence-corrected chi connectivity index (χ4v) is 3.71. The Hall–Kier alpha value is -2.80. The second-order valence-corrected chi connectivity index (χ2v) is 7.16. The van der Waals surface area contributed by atoms with E-state index in [4.69, 9.17) is 4.74 Å². The van der Waals surface area contributed by atoms with E-state index >= 15 is 0 Å². The van der Waals surface area contributed by atoms with E-state index in [0.717, 1.165) is 40.6 Å². The number of halogens is 3. The van der Waals surface area contributed by atoms with E-state index in [1.807, 2.05) is 25.1 Å². The van der Waals surface area contributed by atoms with E-state index in [1.165, 1.54) is 13.2 Å². The molecule has 2 N–H and O–H groups in total. The maximum Gasteiger partial charge on any atom is 0.416 e. The van der Waals surface area contributed by atoms with Crippen molar-refractivity contribution in [3.05, 3.63) is 70.9 Å². The highest BCUT2D eigenvalue weighted by Crippen LogP contribution is 2.37. The Bertz CT molecular complexity index is 1010. The second kappa shape index (κ2) is 9.34. The summed E-state index contributed by atoms with van der Waals surface area (Å²) in [6.45, 7) is 2.76. The Morgan fingerprint density at radius 3 is 2.67 bits per heavy atom. The van der Waals surface area contributed by atoms with Crippen LogP contribution in [0, 0.1) is 0 Å². The lowest BCUT2D eigenvalue weighted by Gasteiger charge is -2.19. The average molecular weight is 418 g/mol.